The number of nitrogens with zero attached hydrogens (tertiary/aromatic N) is 4. The van der Waals surface area contributed by atoms with Crippen molar-refractivity contribution in [3.63, 3.8) is 0 Å². The number of pyridine rings is 1. The smallest absolute Gasteiger partial charge is 0.161 e. The molecule has 28 heavy (non-hydrogen) atoms. The van der Waals surface area contributed by atoms with Gasteiger partial charge in [0.05, 0.1) is 11.9 Å². The molecule has 3 aromatic heterocycles. The fraction of sp³-hybridized carbons (Fsp3) is 0.261. The summed E-state index contributed by atoms with van der Waals surface area (Å²) in [4.78, 5) is 9.43. The number of aromatic nitrogens is 4. The lowest BCUT2D eigenvalue weighted by Crippen LogP contribution is -2.07. The number of benzene rings is 1. The molecule has 0 radical (unpaired) electrons. The van der Waals surface area contributed by atoms with E-state index in [-0.39, 0.29) is 0 Å². The summed E-state index contributed by atoms with van der Waals surface area (Å²) in [6, 6.07) is 16.5. The van der Waals surface area contributed by atoms with Crippen LogP contribution in [0.2, 0.25) is 0 Å². The Bertz CT molecular complexity index is 1070. The molecule has 1 N–H and O–H groups in total. The fourth-order valence-electron chi connectivity index (χ4n) is 3.22. The Balaban J connectivity index is 1.68. The largest absolute Gasteiger partial charge is 0.366 e. The highest BCUT2D eigenvalue weighted by Crippen LogP contribution is 2.24. The quantitative estimate of drug-likeness (QED) is 0.513. The number of anilines is 1. The van der Waals surface area contributed by atoms with Gasteiger partial charge in [0.15, 0.2) is 5.65 Å². The minimum atomic E-state index is 0.437. The molecular weight excluding hydrogens is 346 g/mol. The van der Waals surface area contributed by atoms with Crippen molar-refractivity contribution < 1.29 is 0 Å². The van der Waals surface area contributed by atoms with Crippen molar-refractivity contribution in [1.29, 1.82) is 0 Å². The van der Waals surface area contributed by atoms with Crippen LogP contribution < -0.4 is 5.32 Å². The second-order valence-electron chi connectivity index (χ2n) is 7.25. The molecule has 0 bridgehead atoms. The third kappa shape index (κ3) is 3.60. The van der Waals surface area contributed by atoms with E-state index in [2.05, 4.69) is 66.5 Å². The van der Waals surface area contributed by atoms with Crippen molar-refractivity contribution in [1.82, 2.24) is 19.6 Å². The number of rotatable bonds is 6. The maximum Gasteiger partial charge on any atom is 0.161 e. The second kappa shape index (κ2) is 7.80. The van der Waals surface area contributed by atoms with Gasteiger partial charge in [-0.3, -0.25) is 4.98 Å². The molecule has 0 atom stereocenters. The summed E-state index contributed by atoms with van der Waals surface area (Å²) in [6.07, 6.45) is 4.75. The van der Waals surface area contributed by atoms with Gasteiger partial charge in [0.25, 0.3) is 0 Å². The normalized spacial score (nSPS) is 11.3. The van der Waals surface area contributed by atoms with Crippen LogP contribution in [0.1, 0.15) is 43.5 Å². The standard InChI is InChI=1S/C23H25N5/c1-4-18-15-26-28-22(25-14-17-10-11-20(16(2)3)24-13-17)12-21(27-23(18)28)19-8-6-5-7-9-19/h5-13,15-16,25H,4,14H2,1-3H3. The first kappa shape index (κ1) is 18.2. The van der Waals surface area contributed by atoms with Gasteiger partial charge in [-0.05, 0) is 24.0 Å². The van der Waals surface area contributed by atoms with Crippen LogP contribution in [0.5, 0.6) is 0 Å². The maximum atomic E-state index is 4.87. The molecule has 1 aromatic carbocycles. The highest BCUT2D eigenvalue weighted by molar-refractivity contribution is 5.67. The summed E-state index contributed by atoms with van der Waals surface area (Å²) in [7, 11) is 0. The van der Waals surface area contributed by atoms with Crippen LogP contribution in [-0.4, -0.2) is 19.6 Å². The van der Waals surface area contributed by atoms with Crippen LogP contribution in [-0.2, 0) is 13.0 Å². The summed E-state index contributed by atoms with van der Waals surface area (Å²) in [5.74, 6) is 1.36. The Hall–Kier alpha value is -3.21. The SMILES string of the molecule is CCc1cnn2c(NCc3ccc(C(C)C)nc3)cc(-c3ccccc3)nc12. The molecule has 0 aliphatic heterocycles. The molecule has 0 unspecified atom stereocenters. The fourth-order valence-corrected chi connectivity index (χ4v) is 3.22. The summed E-state index contributed by atoms with van der Waals surface area (Å²) in [6.45, 7) is 7.12. The Morgan fingerprint density at radius 2 is 1.86 bits per heavy atom. The molecular formula is C23H25N5. The van der Waals surface area contributed by atoms with Crippen molar-refractivity contribution in [3.8, 4) is 11.3 Å². The van der Waals surface area contributed by atoms with Gasteiger partial charge in [0.2, 0.25) is 0 Å². The van der Waals surface area contributed by atoms with E-state index in [9.17, 15) is 0 Å². The molecule has 0 saturated carbocycles. The highest BCUT2D eigenvalue weighted by Gasteiger charge is 2.12. The molecule has 5 heteroatoms. The molecule has 0 saturated heterocycles. The Morgan fingerprint density at radius 3 is 2.54 bits per heavy atom. The van der Waals surface area contributed by atoms with Gasteiger partial charge in [-0.15, -0.1) is 0 Å². The molecule has 0 aliphatic carbocycles. The third-order valence-electron chi connectivity index (χ3n) is 4.91. The van der Waals surface area contributed by atoms with Crippen LogP contribution in [0.25, 0.3) is 16.9 Å². The minimum Gasteiger partial charge on any atom is -0.366 e. The van der Waals surface area contributed by atoms with E-state index in [4.69, 9.17) is 4.98 Å². The van der Waals surface area contributed by atoms with Gasteiger partial charge in [0.1, 0.15) is 5.82 Å². The average molecular weight is 371 g/mol. The predicted octanol–water partition coefficient (Wildman–Crippen LogP) is 5.09. The molecule has 0 spiro atoms. The van der Waals surface area contributed by atoms with Crippen molar-refractivity contribution >= 4 is 11.5 Å². The topological polar surface area (TPSA) is 55.1 Å². The first-order chi connectivity index (χ1) is 13.7. The lowest BCUT2D eigenvalue weighted by molar-refractivity contribution is 0.818. The first-order valence-electron chi connectivity index (χ1n) is 9.77. The van der Waals surface area contributed by atoms with E-state index < -0.39 is 0 Å². The van der Waals surface area contributed by atoms with E-state index >= 15 is 0 Å². The summed E-state index contributed by atoms with van der Waals surface area (Å²) < 4.78 is 1.89. The van der Waals surface area contributed by atoms with Crippen molar-refractivity contribution in [2.75, 3.05) is 5.32 Å². The zero-order valence-corrected chi connectivity index (χ0v) is 16.6. The van der Waals surface area contributed by atoms with Gasteiger partial charge in [-0.25, -0.2) is 4.98 Å². The molecule has 142 valence electrons. The maximum absolute atomic E-state index is 4.87. The summed E-state index contributed by atoms with van der Waals surface area (Å²) in [5.41, 5.74) is 6.33. The lowest BCUT2D eigenvalue weighted by Gasteiger charge is -2.12. The van der Waals surface area contributed by atoms with Crippen LogP contribution in [0, 0.1) is 0 Å². The molecule has 0 amide bonds. The number of hydrogen-bond acceptors (Lipinski definition) is 4. The van der Waals surface area contributed by atoms with E-state index in [0.717, 1.165) is 46.0 Å². The van der Waals surface area contributed by atoms with Crippen LogP contribution >= 0.6 is 0 Å². The van der Waals surface area contributed by atoms with Crippen molar-refractivity contribution in [2.45, 2.75) is 39.7 Å². The number of nitrogens with one attached hydrogen (secondary N) is 1. The number of fused-ring (bicyclic) bond motifs is 1. The van der Waals surface area contributed by atoms with Crippen LogP contribution in [0.3, 0.4) is 0 Å². The average Bonchev–Trinajstić information content (AvgIpc) is 3.16. The van der Waals surface area contributed by atoms with Crippen LogP contribution in [0.15, 0.2) is 60.9 Å². The molecule has 4 aromatic rings. The molecule has 3 heterocycles. The lowest BCUT2D eigenvalue weighted by atomic mass is 10.1. The van der Waals surface area contributed by atoms with E-state index in [1.165, 1.54) is 0 Å². The number of hydrogen-bond donors (Lipinski definition) is 1. The monoisotopic (exact) mass is 371 g/mol. The zero-order chi connectivity index (χ0) is 19.5. The van der Waals surface area contributed by atoms with Gasteiger partial charge in [-0.1, -0.05) is 57.2 Å². The van der Waals surface area contributed by atoms with Crippen molar-refractivity contribution in [2.24, 2.45) is 0 Å². The van der Waals surface area contributed by atoms with Gasteiger partial charge in [-0.2, -0.15) is 9.61 Å². The van der Waals surface area contributed by atoms with Crippen LogP contribution in [0.4, 0.5) is 5.82 Å². The Morgan fingerprint density at radius 1 is 1.04 bits per heavy atom. The zero-order valence-electron chi connectivity index (χ0n) is 16.6. The highest BCUT2D eigenvalue weighted by atomic mass is 15.3. The molecule has 4 rings (SSSR count). The van der Waals surface area contributed by atoms with E-state index in [1.54, 1.807) is 0 Å². The third-order valence-corrected chi connectivity index (χ3v) is 4.91. The minimum absolute atomic E-state index is 0.437. The first-order valence-corrected chi connectivity index (χ1v) is 9.77. The van der Waals surface area contributed by atoms with Gasteiger partial charge >= 0.3 is 0 Å². The van der Waals surface area contributed by atoms with E-state index in [0.29, 0.717) is 12.5 Å². The predicted molar refractivity (Wildman–Crippen MR) is 113 cm³/mol. The van der Waals surface area contributed by atoms with E-state index in [1.807, 2.05) is 35.1 Å². The Labute approximate surface area is 165 Å². The summed E-state index contributed by atoms with van der Waals surface area (Å²) in [5, 5.41) is 8.07. The van der Waals surface area contributed by atoms with Gasteiger partial charge < -0.3 is 5.32 Å². The Kier molecular flexibility index (Phi) is 5.06. The second-order valence-corrected chi connectivity index (χ2v) is 7.25. The molecule has 5 nitrogen and oxygen atoms in total. The van der Waals surface area contributed by atoms with Gasteiger partial charge in [0, 0.05) is 35.6 Å². The number of aryl methyl sites for hydroxylation is 1. The summed E-state index contributed by atoms with van der Waals surface area (Å²) >= 11 is 0. The molecule has 0 aliphatic rings. The van der Waals surface area contributed by atoms with Crippen molar-refractivity contribution in [3.05, 3.63) is 77.7 Å². The molecule has 0 fully saturated rings.